The Hall–Kier alpha value is -2.05. The Morgan fingerprint density at radius 1 is 1.11 bits per heavy atom. The van der Waals surface area contributed by atoms with E-state index in [4.69, 9.17) is 18.9 Å². The average Bonchev–Trinajstić information content (AvgIpc) is 3.07. The fourth-order valence-corrected chi connectivity index (χ4v) is 4.24. The molecule has 4 rings (SSSR count). The summed E-state index contributed by atoms with van der Waals surface area (Å²) in [6.45, 7) is 7.54. The Bertz CT molecular complexity index is 789. The SMILES string of the molecule is COc1ccc(-c2nc(CN3CCN4CCCCC4C3)c(C)o2)cc1OC. The van der Waals surface area contributed by atoms with E-state index < -0.39 is 0 Å². The zero-order chi connectivity index (χ0) is 18.8. The second-order valence-electron chi connectivity index (χ2n) is 7.51. The number of rotatable bonds is 5. The molecule has 0 bridgehead atoms. The van der Waals surface area contributed by atoms with Crippen LogP contribution in [-0.2, 0) is 6.54 Å². The van der Waals surface area contributed by atoms with Gasteiger partial charge in [-0.25, -0.2) is 4.98 Å². The van der Waals surface area contributed by atoms with Gasteiger partial charge in [-0.05, 0) is 44.5 Å². The molecule has 3 heterocycles. The van der Waals surface area contributed by atoms with Crippen molar-refractivity contribution >= 4 is 0 Å². The minimum absolute atomic E-state index is 0.639. The number of piperazine rings is 1. The first-order valence-electron chi connectivity index (χ1n) is 9.83. The quantitative estimate of drug-likeness (QED) is 0.804. The molecule has 6 nitrogen and oxygen atoms in total. The van der Waals surface area contributed by atoms with E-state index in [0.717, 1.165) is 36.7 Å². The summed E-state index contributed by atoms with van der Waals surface area (Å²) >= 11 is 0. The highest BCUT2D eigenvalue weighted by Crippen LogP contribution is 2.33. The second kappa shape index (κ2) is 7.90. The smallest absolute Gasteiger partial charge is 0.226 e. The summed E-state index contributed by atoms with van der Waals surface area (Å²) < 4.78 is 16.7. The Balaban J connectivity index is 1.49. The molecule has 2 aromatic rings. The number of benzene rings is 1. The number of piperidine rings is 1. The lowest BCUT2D eigenvalue weighted by atomic mass is 9.99. The Morgan fingerprint density at radius 3 is 2.78 bits per heavy atom. The fourth-order valence-electron chi connectivity index (χ4n) is 4.24. The van der Waals surface area contributed by atoms with Gasteiger partial charge in [0.25, 0.3) is 0 Å². The Kier molecular flexibility index (Phi) is 5.36. The number of methoxy groups -OCH3 is 2. The van der Waals surface area contributed by atoms with Crippen LogP contribution in [0.4, 0.5) is 0 Å². The highest BCUT2D eigenvalue weighted by atomic mass is 16.5. The van der Waals surface area contributed by atoms with E-state index in [1.807, 2.05) is 25.1 Å². The molecule has 6 heteroatoms. The molecular weight excluding hydrogens is 342 g/mol. The molecule has 0 radical (unpaired) electrons. The summed E-state index contributed by atoms with van der Waals surface area (Å²) in [5.41, 5.74) is 1.93. The van der Waals surface area contributed by atoms with Crippen LogP contribution in [0.2, 0.25) is 0 Å². The normalized spacial score (nSPS) is 21.1. The van der Waals surface area contributed by atoms with E-state index in [9.17, 15) is 0 Å². The minimum Gasteiger partial charge on any atom is -0.493 e. The first-order chi connectivity index (χ1) is 13.2. The molecule has 2 aliphatic rings. The number of ether oxygens (including phenoxy) is 2. The predicted molar refractivity (Wildman–Crippen MR) is 104 cm³/mol. The van der Waals surface area contributed by atoms with Gasteiger partial charge in [-0.2, -0.15) is 0 Å². The summed E-state index contributed by atoms with van der Waals surface area (Å²) in [4.78, 5) is 9.97. The topological polar surface area (TPSA) is 51.0 Å². The molecule has 0 spiro atoms. The predicted octanol–water partition coefficient (Wildman–Crippen LogP) is 3.34. The van der Waals surface area contributed by atoms with E-state index in [-0.39, 0.29) is 0 Å². The monoisotopic (exact) mass is 371 g/mol. The van der Waals surface area contributed by atoms with Gasteiger partial charge < -0.3 is 13.9 Å². The molecule has 1 atom stereocenters. The van der Waals surface area contributed by atoms with Gasteiger partial charge in [-0.15, -0.1) is 0 Å². The summed E-state index contributed by atoms with van der Waals surface area (Å²) in [7, 11) is 3.27. The molecule has 1 aromatic carbocycles. The molecule has 2 aliphatic heterocycles. The van der Waals surface area contributed by atoms with Crippen molar-refractivity contribution in [3.8, 4) is 23.0 Å². The lowest BCUT2D eigenvalue weighted by Gasteiger charge is -2.43. The third-order valence-corrected chi connectivity index (χ3v) is 5.82. The summed E-state index contributed by atoms with van der Waals surface area (Å²) in [6.07, 6.45) is 4.04. The van der Waals surface area contributed by atoms with E-state index >= 15 is 0 Å². The third-order valence-electron chi connectivity index (χ3n) is 5.82. The standard InChI is InChI=1S/C21H29N3O3/c1-15-18(14-23-10-11-24-9-5-4-6-17(24)13-23)22-21(27-15)16-7-8-19(25-2)20(12-16)26-3/h7-8,12,17H,4-6,9-11,13-14H2,1-3H3. The molecule has 27 heavy (non-hydrogen) atoms. The number of aryl methyl sites for hydroxylation is 1. The molecule has 2 saturated heterocycles. The third kappa shape index (κ3) is 3.82. The van der Waals surface area contributed by atoms with Crippen molar-refractivity contribution in [3.05, 3.63) is 29.7 Å². The van der Waals surface area contributed by atoms with Gasteiger partial charge in [0.05, 0.1) is 19.9 Å². The zero-order valence-electron chi connectivity index (χ0n) is 16.5. The summed E-state index contributed by atoms with van der Waals surface area (Å²) in [6, 6.07) is 6.46. The molecule has 1 aromatic heterocycles. The van der Waals surface area contributed by atoms with Crippen LogP contribution in [0.1, 0.15) is 30.7 Å². The van der Waals surface area contributed by atoms with Crippen LogP contribution < -0.4 is 9.47 Å². The van der Waals surface area contributed by atoms with Crippen molar-refractivity contribution in [1.29, 1.82) is 0 Å². The fraction of sp³-hybridized carbons (Fsp3) is 0.571. The van der Waals surface area contributed by atoms with E-state index in [2.05, 4.69) is 9.80 Å². The highest BCUT2D eigenvalue weighted by molar-refractivity contribution is 5.60. The van der Waals surface area contributed by atoms with Gasteiger partial charge in [0.2, 0.25) is 5.89 Å². The zero-order valence-corrected chi connectivity index (χ0v) is 16.5. The number of nitrogens with zero attached hydrogens (tertiary/aromatic N) is 3. The maximum atomic E-state index is 5.98. The summed E-state index contributed by atoms with van der Waals surface area (Å²) in [5, 5.41) is 0. The van der Waals surface area contributed by atoms with Crippen molar-refractivity contribution < 1.29 is 13.9 Å². The van der Waals surface area contributed by atoms with Crippen LogP contribution >= 0.6 is 0 Å². The molecule has 0 amide bonds. The summed E-state index contributed by atoms with van der Waals surface area (Å²) in [5.74, 6) is 2.92. The maximum absolute atomic E-state index is 5.98. The molecule has 1 unspecified atom stereocenters. The first kappa shape index (κ1) is 18.3. The largest absolute Gasteiger partial charge is 0.493 e. The first-order valence-corrected chi connectivity index (χ1v) is 9.83. The Morgan fingerprint density at radius 2 is 1.96 bits per heavy atom. The molecule has 0 aliphatic carbocycles. The van der Waals surface area contributed by atoms with Gasteiger partial charge in [-0.3, -0.25) is 9.80 Å². The number of oxazole rings is 1. The van der Waals surface area contributed by atoms with Crippen LogP contribution in [0.3, 0.4) is 0 Å². The van der Waals surface area contributed by atoms with Gasteiger partial charge in [0.15, 0.2) is 11.5 Å². The van der Waals surface area contributed by atoms with Crippen molar-refractivity contribution in [2.75, 3.05) is 40.4 Å². The second-order valence-corrected chi connectivity index (χ2v) is 7.51. The van der Waals surface area contributed by atoms with Crippen LogP contribution in [-0.4, -0.2) is 61.2 Å². The number of fused-ring (bicyclic) bond motifs is 1. The van der Waals surface area contributed by atoms with Crippen molar-refractivity contribution in [2.45, 2.75) is 38.8 Å². The number of hydrogen-bond donors (Lipinski definition) is 0. The molecular formula is C21H29N3O3. The maximum Gasteiger partial charge on any atom is 0.226 e. The highest BCUT2D eigenvalue weighted by Gasteiger charge is 2.29. The molecule has 146 valence electrons. The van der Waals surface area contributed by atoms with E-state index in [0.29, 0.717) is 23.4 Å². The van der Waals surface area contributed by atoms with E-state index in [1.165, 1.54) is 32.4 Å². The van der Waals surface area contributed by atoms with Crippen molar-refractivity contribution in [2.24, 2.45) is 0 Å². The van der Waals surface area contributed by atoms with Crippen LogP contribution in [0, 0.1) is 6.92 Å². The van der Waals surface area contributed by atoms with Gasteiger partial charge in [0.1, 0.15) is 5.76 Å². The number of hydrogen-bond acceptors (Lipinski definition) is 6. The average molecular weight is 371 g/mol. The molecule has 0 N–H and O–H groups in total. The molecule has 0 saturated carbocycles. The van der Waals surface area contributed by atoms with Crippen LogP contribution in [0.15, 0.2) is 22.6 Å². The van der Waals surface area contributed by atoms with Gasteiger partial charge in [0, 0.05) is 37.8 Å². The number of aromatic nitrogens is 1. The van der Waals surface area contributed by atoms with E-state index in [1.54, 1.807) is 14.2 Å². The van der Waals surface area contributed by atoms with Crippen molar-refractivity contribution in [3.63, 3.8) is 0 Å². The van der Waals surface area contributed by atoms with Gasteiger partial charge >= 0.3 is 0 Å². The molecule has 2 fully saturated rings. The van der Waals surface area contributed by atoms with Gasteiger partial charge in [-0.1, -0.05) is 6.42 Å². The van der Waals surface area contributed by atoms with Crippen molar-refractivity contribution in [1.82, 2.24) is 14.8 Å². The van der Waals surface area contributed by atoms with Crippen LogP contribution in [0.5, 0.6) is 11.5 Å². The Labute approximate surface area is 161 Å². The van der Waals surface area contributed by atoms with Crippen LogP contribution in [0.25, 0.3) is 11.5 Å². The lowest BCUT2D eigenvalue weighted by molar-refractivity contribution is 0.0450. The lowest BCUT2D eigenvalue weighted by Crippen LogP contribution is -2.54. The minimum atomic E-state index is 0.639.